The molecule has 1 aliphatic rings. The molecule has 3 heteroatoms. The molecule has 0 unspecified atom stereocenters. The summed E-state index contributed by atoms with van der Waals surface area (Å²) >= 11 is 0. The summed E-state index contributed by atoms with van der Waals surface area (Å²) in [6, 6.07) is 0. The summed E-state index contributed by atoms with van der Waals surface area (Å²) < 4.78 is 5.20. The normalized spacial score (nSPS) is 19.6. The van der Waals surface area contributed by atoms with E-state index in [1.54, 1.807) is 7.11 Å². The van der Waals surface area contributed by atoms with Crippen LogP contribution in [-0.4, -0.2) is 51.8 Å². The van der Waals surface area contributed by atoms with E-state index in [4.69, 9.17) is 4.74 Å². The van der Waals surface area contributed by atoms with Crippen molar-refractivity contribution >= 4 is 0 Å². The lowest BCUT2D eigenvalue weighted by Crippen LogP contribution is -2.43. The molecule has 0 aliphatic heterocycles. The van der Waals surface area contributed by atoms with E-state index in [9.17, 15) is 0 Å². The Balaban J connectivity index is 2.51. The average molecular weight is 270 g/mol. The van der Waals surface area contributed by atoms with Crippen LogP contribution in [0.25, 0.3) is 0 Å². The molecule has 1 N–H and O–H groups in total. The highest BCUT2D eigenvalue weighted by Crippen LogP contribution is 2.35. The number of nitrogens with one attached hydrogen (secondary N) is 1. The van der Waals surface area contributed by atoms with Crippen molar-refractivity contribution in [2.75, 3.05) is 46.9 Å². The van der Waals surface area contributed by atoms with Gasteiger partial charge in [0.15, 0.2) is 0 Å². The maximum absolute atomic E-state index is 5.20. The maximum atomic E-state index is 5.20. The van der Waals surface area contributed by atoms with Crippen LogP contribution in [0.3, 0.4) is 0 Å². The minimum Gasteiger partial charge on any atom is -0.383 e. The van der Waals surface area contributed by atoms with Crippen molar-refractivity contribution in [1.82, 2.24) is 10.2 Å². The molecule has 114 valence electrons. The van der Waals surface area contributed by atoms with Gasteiger partial charge in [-0.2, -0.15) is 0 Å². The van der Waals surface area contributed by atoms with Gasteiger partial charge in [-0.25, -0.2) is 0 Å². The highest BCUT2D eigenvalue weighted by Gasteiger charge is 2.31. The number of methoxy groups -OCH3 is 1. The standard InChI is InChI=1S/C16H34N2O/c1-4-11-17-14-16(9-7-5-6-8-10-16)15-18(2)12-13-19-3/h17H,4-15H2,1-3H3. The van der Waals surface area contributed by atoms with Crippen LogP contribution in [0.1, 0.15) is 51.9 Å². The van der Waals surface area contributed by atoms with E-state index in [-0.39, 0.29) is 0 Å². The summed E-state index contributed by atoms with van der Waals surface area (Å²) in [6.45, 7) is 7.70. The highest BCUT2D eigenvalue weighted by molar-refractivity contribution is 4.86. The Hall–Kier alpha value is -0.120. The number of rotatable bonds is 9. The second-order valence-corrected chi connectivity index (χ2v) is 6.32. The van der Waals surface area contributed by atoms with E-state index in [0.29, 0.717) is 5.41 Å². The molecule has 0 radical (unpaired) electrons. The van der Waals surface area contributed by atoms with Crippen LogP contribution >= 0.6 is 0 Å². The minimum absolute atomic E-state index is 0.494. The van der Waals surface area contributed by atoms with Gasteiger partial charge in [-0.15, -0.1) is 0 Å². The van der Waals surface area contributed by atoms with E-state index in [2.05, 4.69) is 24.2 Å². The minimum atomic E-state index is 0.494. The van der Waals surface area contributed by atoms with E-state index < -0.39 is 0 Å². The largest absolute Gasteiger partial charge is 0.383 e. The Labute approximate surface area is 120 Å². The van der Waals surface area contributed by atoms with Gasteiger partial charge in [0.1, 0.15) is 0 Å². The fraction of sp³-hybridized carbons (Fsp3) is 1.00. The van der Waals surface area contributed by atoms with Gasteiger partial charge in [0.2, 0.25) is 0 Å². The van der Waals surface area contributed by atoms with Gasteiger partial charge >= 0.3 is 0 Å². The Morgan fingerprint density at radius 3 is 2.42 bits per heavy atom. The fourth-order valence-electron chi connectivity index (χ4n) is 3.30. The Morgan fingerprint density at radius 2 is 1.84 bits per heavy atom. The third-order valence-corrected chi connectivity index (χ3v) is 4.37. The number of likely N-dealkylation sites (N-methyl/N-ethyl adjacent to an activating group) is 1. The molecule has 19 heavy (non-hydrogen) atoms. The second-order valence-electron chi connectivity index (χ2n) is 6.32. The predicted molar refractivity (Wildman–Crippen MR) is 82.7 cm³/mol. The van der Waals surface area contributed by atoms with E-state index in [1.165, 1.54) is 58.0 Å². The van der Waals surface area contributed by atoms with Crippen LogP contribution in [0, 0.1) is 5.41 Å². The van der Waals surface area contributed by atoms with Crippen molar-refractivity contribution in [3.05, 3.63) is 0 Å². The van der Waals surface area contributed by atoms with Crippen LogP contribution in [0.15, 0.2) is 0 Å². The summed E-state index contributed by atoms with van der Waals surface area (Å²) in [5.74, 6) is 0. The molecule has 0 bridgehead atoms. The Morgan fingerprint density at radius 1 is 1.16 bits per heavy atom. The van der Waals surface area contributed by atoms with Gasteiger partial charge in [-0.3, -0.25) is 0 Å². The van der Waals surface area contributed by atoms with Crippen LogP contribution in [0.2, 0.25) is 0 Å². The zero-order valence-electron chi connectivity index (χ0n) is 13.3. The SMILES string of the molecule is CCCNCC1(CN(C)CCOC)CCCCCC1. The van der Waals surface area contributed by atoms with Crippen molar-refractivity contribution in [3.63, 3.8) is 0 Å². The molecule has 1 fully saturated rings. The lowest BCUT2D eigenvalue weighted by atomic mass is 9.79. The average Bonchev–Trinajstić information content (AvgIpc) is 2.63. The number of hydrogen-bond donors (Lipinski definition) is 1. The van der Waals surface area contributed by atoms with E-state index in [1.807, 2.05) is 0 Å². The first-order valence-electron chi connectivity index (χ1n) is 8.11. The van der Waals surface area contributed by atoms with Gasteiger partial charge in [0.25, 0.3) is 0 Å². The van der Waals surface area contributed by atoms with Gasteiger partial charge in [0.05, 0.1) is 6.61 Å². The maximum Gasteiger partial charge on any atom is 0.0589 e. The third kappa shape index (κ3) is 6.73. The fourth-order valence-corrected chi connectivity index (χ4v) is 3.30. The second kappa shape index (κ2) is 9.73. The number of ether oxygens (including phenoxy) is 1. The monoisotopic (exact) mass is 270 g/mol. The topological polar surface area (TPSA) is 24.5 Å². The highest BCUT2D eigenvalue weighted by atomic mass is 16.5. The quantitative estimate of drug-likeness (QED) is 0.515. The van der Waals surface area contributed by atoms with Gasteiger partial charge in [-0.1, -0.05) is 32.6 Å². The first-order valence-corrected chi connectivity index (χ1v) is 8.11. The first-order chi connectivity index (χ1) is 9.22. The van der Waals surface area contributed by atoms with Gasteiger partial charge in [-0.05, 0) is 38.3 Å². The van der Waals surface area contributed by atoms with Crippen LogP contribution in [0.4, 0.5) is 0 Å². The smallest absolute Gasteiger partial charge is 0.0589 e. The van der Waals surface area contributed by atoms with Crippen LogP contribution in [-0.2, 0) is 4.74 Å². The first kappa shape index (κ1) is 16.9. The third-order valence-electron chi connectivity index (χ3n) is 4.37. The molecule has 0 aromatic carbocycles. The van der Waals surface area contributed by atoms with E-state index >= 15 is 0 Å². The molecule has 0 atom stereocenters. The molecule has 3 nitrogen and oxygen atoms in total. The summed E-state index contributed by atoms with van der Waals surface area (Å²) in [5, 5.41) is 3.68. The number of hydrogen-bond acceptors (Lipinski definition) is 3. The summed E-state index contributed by atoms with van der Waals surface area (Å²) in [7, 11) is 4.03. The number of nitrogens with zero attached hydrogens (tertiary/aromatic N) is 1. The van der Waals surface area contributed by atoms with Crippen LogP contribution in [0.5, 0.6) is 0 Å². The van der Waals surface area contributed by atoms with Crippen molar-refractivity contribution in [2.24, 2.45) is 5.41 Å². The van der Waals surface area contributed by atoms with Crippen molar-refractivity contribution in [2.45, 2.75) is 51.9 Å². The predicted octanol–water partition coefficient (Wildman–Crippen LogP) is 2.90. The Kier molecular flexibility index (Phi) is 8.67. The lowest BCUT2D eigenvalue weighted by Gasteiger charge is -2.37. The van der Waals surface area contributed by atoms with Crippen molar-refractivity contribution in [1.29, 1.82) is 0 Å². The molecular weight excluding hydrogens is 236 g/mol. The van der Waals surface area contributed by atoms with E-state index in [0.717, 1.165) is 19.7 Å². The van der Waals surface area contributed by atoms with Gasteiger partial charge < -0.3 is 15.0 Å². The summed E-state index contributed by atoms with van der Waals surface area (Å²) in [4.78, 5) is 2.46. The zero-order valence-corrected chi connectivity index (χ0v) is 13.3. The molecule has 0 amide bonds. The van der Waals surface area contributed by atoms with Gasteiger partial charge in [0, 0.05) is 26.7 Å². The molecule has 0 saturated heterocycles. The molecule has 0 heterocycles. The van der Waals surface area contributed by atoms with Crippen molar-refractivity contribution in [3.8, 4) is 0 Å². The molecule has 0 spiro atoms. The lowest BCUT2D eigenvalue weighted by molar-refractivity contribution is 0.111. The molecule has 0 aromatic heterocycles. The summed E-state index contributed by atoms with van der Waals surface area (Å²) in [6.07, 6.45) is 9.68. The Bertz CT molecular complexity index is 213. The van der Waals surface area contributed by atoms with Crippen molar-refractivity contribution < 1.29 is 4.74 Å². The summed E-state index contributed by atoms with van der Waals surface area (Å²) in [5.41, 5.74) is 0.494. The molecule has 1 saturated carbocycles. The molecular formula is C16H34N2O. The zero-order chi connectivity index (χ0) is 14.0. The molecule has 0 aromatic rings. The van der Waals surface area contributed by atoms with Crippen LogP contribution < -0.4 is 5.32 Å². The molecule has 1 rings (SSSR count). The molecule has 1 aliphatic carbocycles.